The summed E-state index contributed by atoms with van der Waals surface area (Å²) in [6.45, 7) is 3.07. The standard InChI is InChI=1S/C22H22ClN3OS/c1-2-3-14-26-21(20(25-22(26)28)17-6-4-5-13-24-17)19-12-11-18(27-19)15-7-9-16(23)10-8-15/h4-13,20-21H,2-3,14H2,1H3,(H,25,28)/t20-,21+/m1/s1. The van der Waals surface area contributed by atoms with Gasteiger partial charge < -0.3 is 14.6 Å². The van der Waals surface area contributed by atoms with Crippen LogP contribution in [0.25, 0.3) is 11.3 Å². The van der Waals surface area contributed by atoms with Crippen molar-refractivity contribution < 1.29 is 4.42 Å². The first kappa shape index (κ1) is 19.0. The number of nitrogens with zero attached hydrogens (tertiary/aromatic N) is 2. The lowest BCUT2D eigenvalue weighted by Gasteiger charge is -2.25. The average molecular weight is 412 g/mol. The normalized spacial score (nSPS) is 19.1. The van der Waals surface area contributed by atoms with E-state index in [1.165, 1.54) is 0 Å². The number of rotatable bonds is 6. The highest BCUT2D eigenvalue weighted by atomic mass is 35.5. The van der Waals surface area contributed by atoms with E-state index in [-0.39, 0.29) is 12.1 Å². The molecule has 2 atom stereocenters. The van der Waals surface area contributed by atoms with E-state index in [1.807, 2.05) is 60.8 Å². The van der Waals surface area contributed by atoms with Crippen molar-refractivity contribution in [2.24, 2.45) is 0 Å². The number of aromatic nitrogens is 1. The molecule has 1 saturated heterocycles. The largest absolute Gasteiger partial charge is 0.459 e. The molecule has 0 saturated carbocycles. The Kier molecular flexibility index (Phi) is 5.64. The Morgan fingerprint density at radius 3 is 2.68 bits per heavy atom. The van der Waals surface area contributed by atoms with Crippen LogP contribution in [0, 0.1) is 0 Å². The van der Waals surface area contributed by atoms with E-state index in [0.29, 0.717) is 5.02 Å². The van der Waals surface area contributed by atoms with Crippen LogP contribution in [0.15, 0.2) is 65.2 Å². The Labute approximate surface area is 175 Å². The van der Waals surface area contributed by atoms with Crippen LogP contribution in [0.5, 0.6) is 0 Å². The molecule has 144 valence electrons. The molecule has 1 fully saturated rings. The summed E-state index contributed by atoms with van der Waals surface area (Å²) in [5.74, 6) is 1.70. The number of hydrogen-bond donors (Lipinski definition) is 1. The van der Waals surface area contributed by atoms with Crippen molar-refractivity contribution in [2.75, 3.05) is 6.54 Å². The molecule has 3 heterocycles. The highest BCUT2D eigenvalue weighted by Gasteiger charge is 2.41. The van der Waals surface area contributed by atoms with Gasteiger partial charge in [-0.3, -0.25) is 4.98 Å². The summed E-state index contributed by atoms with van der Waals surface area (Å²) in [6.07, 6.45) is 3.99. The molecule has 1 N–H and O–H groups in total. The summed E-state index contributed by atoms with van der Waals surface area (Å²) in [7, 11) is 0. The third-order valence-corrected chi connectivity index (χ3v) is 5.60. The van der Waals surface area contributed by atoms with Crippen molar-refractivity contribution in [3.8, 4) is 11.3 Å². The predicted molar refractivity (Wildman–Crippen MR) is 116 cm³/mol. The van der Waals surface area contributed by atoms with Crippen LogP contribution >= 0.6 is 23.8 Å². The smallest absolute Gasteiger partial charge is 0.170 e. The zero-order chi connectivity index (χ0) is 19.5. The monoisotopic (exact) mass is 411 g/mol. The third kappa shape index (κ3) is 3.77. The summed E-state index contributed by atoms with van der Waals surface area (Å²) in [6, 6.07) is 17.6. The van der Waals surface area contributed by atoms with Crippen LogP contribution in [0.2, 0.25) is 5.02 Å². The second-order valence-corrected chi connectivity index (χ2v) is 7.71. The molecule has 2 aromatic heterocycles. The molecule has 28 heavy (non-hydrogen) atoms. The molecule has 0 unspecified atom stereocenters. The first-order valence-electron chi connectivity index (χ1n) is 9.51. The Hall–Kier alpha value is -2.37. The molecule has 1 aromatic carbocycles. The van der Waals surface area contributed by atoms with Gasteiger partial charge in [0.1, 0.15) is 17.6 Å². The van der Waals surface area contributed by atoms with Gasteiger partial charge in [0, 0.05) is 23.3 Å². The SMILES string of the molecule is CCCCN1C(=S)N[C@H](c2ccccn2)[C@@H]1c1ccc(-c2ccc(Cl)cc2)o1. The fraction of sp³-hybridized carbons (Fsp3) is 0.273. The van der Waals surface area contributed by atoms with Gasteiger partial charge in [-0.1, -0.05) is 31.0 Å². The molecule has 4 nitrogen and oxygen atoms in total. The summed E-state index contributed by atoms with van der Waals surface area (Å²) in [5.41, 5.74) is 1.96. The lowest BCUT2D eigenvalue weighted by molar-refractivity contribution is 0.271. The zero-order valence-electron chi connectivity index (χ0n) is 15.6. The van der Waals surface area contributed by atoms with Crippen molar-refractivity contribution in [3.63, 3.8) is 0 Å². The molecule has 0 aliphatic carbocycles. The fourth-order valence-corrected chi connectivity index (χ4v) is 4.02. The second kappa shape index (κ2) is 8.33. The van der Waals surface area contributed by atoms with E-state index in [2.05, 4.69) is 22.1 Å². The van der Waals surface area contributed by atoms with Crippen LogP contribution in [-0.2, 0) is 0 Å². The molecule has 0 bridgehead atoms. The van der Waals surface area contributed by atoms with E-state index in [9.17, 15) is 0 Å². The fourth-order valence-electron chi connectivity index (χ4n) is 3.56. The Morgan fingerprint density at radius 1 is 1.14 bits per heavy atom. The number of unbranched alkanes of at least 4 members (excludes halogenated alkanes) is 1. The van der Waals surface area contributed by atoms with Crippen LogP contribution in [-0.4, -0.2) is 21.5 Å². The maximum Gasteiger partial charge on any atom is 0.170 e. The molecule has 3 aromatic rings. The van der Waals surface area contributed by atoms with Gasteiger partial charge in [0.25, 0.3) is 0 Å². The molecule has 1 aliphatic rings. The number of furan rings is 1. The molecule has 4 rings (SSSR count). The number of pyridine rings is 1. The van der Waals surface area contributed by atoms with Crippen LogP contribution in [0.1, 0.15) is 43.3 Å². The quantitative estimate of drug-likeness (QED) is 0.521. The molecular weight excluding hydrogens is 390 g/mol. The maximum atomic E-state index is 6.29. The molecule has 1 aliphatic heterocycles. The molecule has 6 heteroatoms. The Morgan fingerprint density at radius 2 is 1.96 bits per heavy atom. The van der Waals surface area contributed by atoms with E-state index >= 15 is 0 Å². The van der Waals surface area contributed by atoms with Crippen molar-refractivity contribution >= 4 is 28.9 Å². The van der Waals surface area contributed by atoms with Crippen LogP contribution in [0.4, 0.5) is 0 Å². The van der Waals surface area contributed by atoms with Crippen molar-refractivity contribution in [2.45, 2.75) is 31.8 Å². The topological polar surface area (TPSA) is 41.3 Å². The van der Waals surface area contributed by atoms with E-state index in [0.717, 1.165) is 47.3 Å². The van der Waals surface area contributed by atoms with E-state index < -0.39 is 0 Å². The van der Waals surface area contributed by atoms with Crippen molar-refractivity contribution in [3.05, 3.63) is 77.3 Å². The summed E-state index contributed by atoms with van der Waals surface area (Å²) >= 11 is 11.7. The molecule has 0 radical (unpaired) electrons. The van der Waals surface area contributed by atoms with E-state index in [1.54, 1.807) is 0 Å². The van der Waals surface area contributed by atoms with Crippen LogP contribution < -0.4 is 5.32 Å². The lowest BCUT2D eigenvalue weighted by atomic mass is 10.0. The molecular formula is C22H22ClN3OS. The van der Waals surface area contributed by atoms with Crippen LogP contribution in [0.3, 0.4) is 0 Å². The number of halogens is 1. The highest BCUT2D eigenvalue weighted by molar-refractivity contribution is 7.80. The highest BCUT2D eigenvalue weighted by Crippen LogP contribution is 2.40. The minimum absolute atomic E-state index is 0.0324. The average Bonchev–Trinajstić information content (AvgIpc) is 3.32. The number of hydrogen-bond acceptors (Lipinski definition) is 3. The lowest BCUT2D eigenvalue weighted by Crippen LogP contribution is -2.30. The van der Waals surface area contributed by atoms with Gasteiger partial charge in [0.15, 0.2) is 5.11 Å². The van der Waals surface area contributed by atoms with Gasteiger partial charge in [-0.05, 0) is 67.2 Å². The zero-order valence-corrected chi connectivity index (χ0v) is 17.2. The molecule has 0 amide bonds. The van der Waals surface area contributed by atoms with Gasteiger partial charge in [-0.2, -0.15) is 0 Å². The van der Waals surface area contributed by atoms with E-state index in [4.69, 9.17) is 28.2 Å². The summed E-state index contributed by atoms with van der Waals surface area (Å²) in [5, 5.41) is 4.91. The minimum Gasteiger partial charge on any atom is -0.459 e. The summed E-state index contributed by atoms with van der Waals surface area (Å²) < 4.78 is 6.29. The predicted octanol–water partition coefficient (Wildman–Crippen LogP) is 5.77. The first-order valence-corrected chi connectivity index (χ1v) is 10.3. The van der Waals surface area contributed by atoms with Crippen molar-refractivity contribution in [1.82, 2.24) is 15.2 Å². The summed E-state index contributed by atoms with van der Waals surface area (Å²) in [4.78, 5) is 6.78. The number of nitrogens with one attached hydrogen (secondary N) is 1. The first-order chi connectivity index (χ1) is 13.7. The van der Waals surface area contributed by atoms with Gasteiger partial charge in [-0.25, -0.2) is 0 Å². The number of thiocarbonyl (C=S) groups is 1. The van der Waals surface area contributed by atoms with Gasteiger partial charge in [-0.15, -0.1) is 0 Å². The maximum absolute atomic E-state index is 6.29. The number of benzene rings is 1. The van der Waals surface area contributed by atoms with Gasteiger partial charge in [0.05, 0.1) is 11.7 Å². The minimum atomic E-state index is -0.0465. The van der Waals surface area contributed by atoms with Gasteiger partial charge in [0.2, 0.25) is 0 Å². The Balaban J connectivity index is 1.70. The Bertz CT molecular complexity index is 942. The molecule has 0 spiro atoms. The van der Waals surface area contributed by atoms with Crippen molar-refractivity contribution in [1.29, 1.82) is 0 Å². The third-order valence-electron chi connectivity index (χ3n) is 5.00. The second-order valence-electron chi connectivity index (χ2n) is 6.88. The van der Waals surface area contributed by atoms with Gasteiger partial charge >= 0.3 is 0 Å².